The first-order valence-corrected chi connectivity index (χ1v) is 5.99. The van der Waals surface area contributed by atoms with E-state index >= 15 is 0 Å². The summed E-state index contributed by atoms with van der Waals surface area (Å²) in [4.78, 5) is 15.0. The lowest BCUT2D eigenvalue weighted by Gasteiger charge is -2.10. The molecule has 0 saturated heterocycles. The first-order chi connectivity index (χ1) is 8.53. The van der Waals surface area contributed by atoms with E-state index in [2.05, 4.69) is 25.7 Å². The molecular weight excluding hydrogens is 310 g/mol. The van der Waals surface area contributed by atoms with Gasteiger partial charge in [-0.3, -0.25) is 9.78 Å². The van der Waals surface area contributed by atoms with Crippen LogP contribution in [0.3, 0.4) is 0 Å². The summed E-state index contributed by atoms with van der Waals surface area (Å²) in [7, 11) is 1.17. The van der Waals surface area contributed by atoms with Crippen LogP contribution in [0.4, 0.5) is 8.78 Å². The van der Waals surface area contributed by atoms with Crippen molar-refractivity contribution in [2.75, 3.05) is 7.11 Å². The number of alkyl halides is 3. The van der Waals surface area contributed by atoms with E-state index in [4.69, 9.17) is 5.26 Å². The molecule has 0 aliphatic carbocycles. The number of pyridine rings is 1. The van der Waals surface area contributed by atoms with Gasteiger partial charge in [0.05, 0.1) is 30.5 Å². The number of carbonyl (C=O) groups is 1. The Morgan fingerprint density at radius 3 is 2.72 bits per heavy atom. The molecule has 1 aromatic rings. The van der Waals surface area contributed by atoms with Gasteiger partial charge >= 0.3 is 5.97 Å². The van der Waals surface area contributed by atoms with Gasteiger partial charge in [0, 0.05) is 10.9 Å². The number of methoxy groups -OCH3 is 1. The Balaban J connectivity index is 3.30. The number of halogens is 3. The molecule has 0 N–H and O–H groups in total. The summed E-state index contributed by atoms with van der Waals surface area (Å²) in [6.45, 7) is 0. The quantitative estimate of drug-likeness (QED) is 0.632. The lowest BCUT2D eigenvalue weighted by atomic mass is 10.1. The normalized spacial score (nSPS) is 10.2. The van der Waals surface area contributed by atoms with Crippen LogP contribution in [0, 0.1) is 11.3 Å². The minimum absolute atomic E-state index is 0.0645. The van der Waals surface area contributed by atoms with E-state index in [1.54, 1.807) is 6.07 Å². The fraction of sp³-hybridized carbons (Fsp3) is 0.364. The summed E-state index contributed by atoms with van der Waals surface area (Å²) in [5.74, 6) is -0.658. The number of hydrogen-bond acceptors (Lipinski definition) is 4. The van der Waals surface area contributed by atoms with Crippen molar-refractivity contribution in [3.8, 4) is 6.07 Å². The third-order valence-electron chi connectivity index (χ3n) is 2.24. The van der Waals surface area contributed by atoms with Gasteiger partial charge in [-0.05, 0) is 6.07 Å². The number of ether oxygens (including phenoxy) is 1. The molecule has 0 radical (unpaired) electrons. The fourth-order valence-electron chi connectivity index (χ4n) is 1.35. The number of nitriles is 1. The van der Waals surface area contributed by atoms with Crippen LogP contribution >= 0.6 is 15.9 Å². The van der Waals surface area contributed by atoms with Crippen molar-refractivity contribution >= 4 is 21.9 Å². The molecule has 0 amide bonds. The van der Waals surface area contributed by atoms with Crippen LogP contribution in [-0.2, 0) is 21.3 Å². The molecule has 0 aliphatic rings. The van der Waals surface area contributed by atoms with Gasteiger partial charge in [0.15, 0.2) is 0 Å². The molecule has 0 spiro atoms. The van der Waals surface area contributed by atoms with Gasteiger partial charge in [0.2, 0.25) is 0 Å². The number of carbonyl (C=O) groups excluding carboxylic acids is 1. The third-order valence-corrected chi connectivity index (χ3v) is 2.77. The smallest absolute Gasteiger partial charge is 0.311 e. The molecule has 0 atom stereocenters. The highest BCUT2D eigenvalue weighted by molar-refractivity contribution is 9.08. The average Bonchev–Trinajstić information content (AvgIpc) is 2.37. The minimum atomic E-state index is -2.80. The Morgan fingerprint density at radius 1 is 1.61 bits per heavy atom. The molecule has 1 rings (SSSR count). The summed E-state index contributed by atoms with van der Waals surface area (Å²) in [5.41, 5.74) is -0.0939. The van der Waals surface area contributed by atoms with Crippen molar-refractivity contribution in [3.05, 3.63) is 28.6 Å². The zero-order valence-electron chi connectivity index (χ0n) is 9.41. The maximum atomic E-state index is 12.8. The Bertz CT molecular complexity index is 501. The highest BCUT2D eigenvalue weighted by atomic mass is 79.9. The maximum Gasteiger partial charge on any atom is 0.311 e. The highest BCUT2D eigenvalue weighted by Gasteiger charge is 2.20. The van der Waals surface area contributed by atoms with E-state index < -0.39 is 18.0 Å². The van der Waals surface area contributed by atoms with Gasteiger partial charge in [0.25, 0.3) is 6.43 Å². The van der Waals surface area contributed by atoms with Crippen LogP contribution in [0.2, 0.25) is 0 Å². The van der Waals surface area contributed by atoms with Crippen LogP contribution in [0.15, 0.2) is 6.07 Å². The third kappa shape index (κ3) is 3.23. The second kappa shape index (κ2) is 6.40. The van der Waals surface area contributed by atoms with Gasteiger partial charge in [-0.1, -0.05) is 15.9 Å². The molecule has 18 heavy (non-hydrogen) atoms. The van der Waals surface area contributed by atoms with Gasteiger partial charge < -0.3 is 4.74 Å². The molecule has 4 nitrogen and oxygen atoms in total. The molecule has 0 saturated carbocycles. The molecule has 0 aliphatic heterocycles. The van der Waals surface area contributed by atoms with Gasteiger partial charge in [-0.2, -0.15) is 5.26 Å². The first kappa shape index (κ1) is 14.5. The first-order valence-electron chi connectivity index (χ1n) is 4.87. The monoisotopic (exact) mass is 318 g/mol. The van der Waals surface area contributed by atoms with Crippen molar-refractivity contribution in [3.63, 3.8) is 0 Å². The number of aromatic nitrogens is 1. The van der Waals surface area contributed by atoms with Crippen molar-refractivity contribution in [2.24, 2.45) is 0 Å². The van der Waals surface area contributed by atoms with E-state index in [-0.39, 0.29) is 23.0 Å². The predicted octanol–water partition coefficient (Wildman–Crippen LogP) is 2.50. The Labute approximate surface area is 111 Å². The molecule has 0 aromatic carbocycles. The zero-order valence-corrected chi connectivity index (χ0v) is 11.0. The van der Waals surface area contributed by atoms with Crippen LogP contribution < -0.4 is 0 Å². The van der Waals surface area contributed by atoms with Crippen LogP contribution in [0.25, 0.3) is 0 Å². The summed E-state index contributed by atoms with van der Waals surface area (Å²) >= 11 is 3.11. The predicted molar refractivity (Wildman–Crippen MR) is 62.3 cm³/mol. The van der Waals surface area contributed by atoms with Gasteiger partial charge in [-0.15, -0.1) is 0 Å². The van der Waals surface area contributed by atoms with Crippen LogP contribution in [0.1, 0.15) is 28.9 Å². The molecule has 1 aromatic heterocycles. The molecule has 0 fully saturated rings. The fourth-order valence-corrected chi connectivity index (χ4v) is 1.78. The summed E-state index contributed by atoms with van der Waals surface area (Å²) < 4.78 is 30.1. The van der Waals surface area contributed by atoms with E-state index in [1.807, 2.05) is 0 Å². The van der Waals surface area contributed by atoms with Crippen molar-refractivity contribution in [2.45, 2.75) is 18.2 Å². The number of nitrogens with zero attached hydrogens (tertiary/aromatic N) is 2. The zero-order chi connectivity index (χ0) is 13.7. The Hall–Kier alpha value is -1.55. The van der Waals surface area contributed by atoms with E-state index in [0.717, 1.165) is 6.07 Å². The molecule has 7 heteroatoms. The topological polar surface area (TPSA) is 63.0 Å². The molecule has 0 bridgehead atoms. The van der Waals surface area contributed by atoms with Crippen molar-refractivity contribution in [1.29, 1.82) is 5.26 Å². The standard InChI is InChI=1S/C11H9BrF2N2O2/c1-18-10(17)3-8-7(11(13)14)2-6(5-15)9(4-12)16-8/h2,11H,3-4H2,1H3. The maximum absolute atomic E-state index is 12.8. The minimum Gasteiger partial charge on any atom is -0.469 e. The second-order valence-corrected chi connectivity index (χ2v) is 3.88. The SMILES string of the molecule is COC(=O)Cc1nc(CBr)c(C#N)cc1C(F)F. The lowest BCUT2D eigenvalue weighted by molar-refractivity contribution is -0.139. The summed E-state index contributed by atoms with van der Waals surface area (Å²) in [5, 5.41) is 9.07. The van der Waals surface area contributed by atoms with Gasteiger partial charge in [0.1, 0.15) is 6.07 Å². The highest BCUT2D eigenvalue weighted by Crippen LogP contribution is 2.25. The van der Waals surface area contributed by atoms with Gasteiger partial charge in [-0.25, -0.2) is 8.78 Å². The Morgan fingerprint density at radius 2 is 2.28 bits per heavy atom. The number of rotatable bonds is 4. The van der Waals surface area contributed by atoms with Crippen molar-refractivity contribution < 1.29 is 18.3 Å². The summed E-state index contributed by atoms with van der Waals surface area (Å²) in [6, 6.07) is 2.86. The number of hydrogen-bond donors (Lipinski definition) is 0. The molecule has 1 heterocycles. The average molecular weight is 319 g/mol. The second-order valence-electron chi connectivity index (χ2n) is 3.32. The van der Waals surface area contributed by atoms with Crippen LogP contribution in [0.5, 0.6) is 0 Å². The van der Waals surface area contributed by atoms with E-state index in [9.17, 15) is 13.6 Å². The molecule has 96 valence electrons. The summed E-state index contributed by atoms with van der Waals surface area (Å²) in [6.07, 6.45) is -3.14. The molecule has 0 unspecified atom stereocenters. The number of esters is 1. The van der Waals surface area contributed by atoms with E-state index in [0.29, 0.717) is 5.69 Å². The van der Waals surface area contributed by atoms with E-state index in [1.165, 1.54) is 7.11 Å². The van der Waals surface area contributed by atoms with Crippen molar-refractivity contribution in [1.82, 2.24) is 4.98 Å². The lowest BCUT2D eigenvalue weighted by Crippen LogP contribution is -2.11. The largest absolute Gasteiger partial charge is 0.469 e. The van der Waals surface area contributed by atoms with Crippen LogP contribution in [-0.4, -0.2) is 18.1 Å². The molecular formula is C11H9BrF2N2O2. The Kier molecular flexibility index (Phi) is 5.16.